The molecule has 0 aromatic heterocycles. The lowest BCUT2D eigenvalue weighted by Crippen LogP contribution is -2.16. The van der Waals surface area contributed by atoms with Gasteiger partial charge in [-0.15, -0.1) is 6.58 Å². The van der Waals surface area contributed by atoms with Gasteiger partial charge in [-0.2, -0.15) is 0 Å². The van der Waals surface area contributed by atoms with Crippen LogP contribution in [0.4, 0.5) is 10.1 Å². The molecule has 2 N–H and O–H groups in total. The molecule has 4 nitrogen and oxygen atoms in total. The minimum Gasteiger partial charge on any atom is -0.478 e. The van der Waals surface area contributed by atoms with Crippen LogP contribution in [0.5, 0.6) is 0 Å². The first-order valence-corrected chi connectivity index (χ1v) is 9.19. The van der Waals surface area contributed by atoms with Gasteiger partial charge in [-0.25, -0.2) is 9.18 Å². The summed E-state index contributed by atoms with van der Waals surface area (Å²) in [6, 6.07) is 7.13. The van der Waals surface area contributed by atoms with E-state index >= 15 is 0 Å². The second-order valence-electron chi connectivity index (χ2n) is 5.20. The van der Waals surface area contributed by atoms with Gasteiger partial charge in [0, 0.05) is 10.0 Å². The van der Waals surface area contributed by atoms with Crippen LogP contribution in [0.25, 0.3) is 0 Å². The summed E-state index contributed by atoms with van der Waals surface area (Å²) >= 11 is 3.19. The van der Waals surface area contributed by atoms with E-state index in [-0.39, 0.29) is 17.1 Å². The Labute approximate surface area is 168 Å². The van der Waals surface area contributed by atoms with Crippen molar-refractivity contribution in [1.29, 1.82) is 0 Å². The van der Waals surface area contributed by atoms with Crippen molar-refractivity contribution in [2.24, 2.45) is 0 Å². The molecule has 2 aromatic carbocycles. The molecule has 0 fully saturated rings. The average molecular weight is 438 g/mol. The molecular weight excluding hydrogens is 413 g/mol. The van der Waals surface area contributed by atoms with Gasteiger partial charge in [0.1, 0.15) is 5.82 Å². The second-order valence-corrected chi connectivity index (χ2v) is 6.12. The van der Waals surface area contributed by atoms with Crippen LogP contribution in [0.15, 0.2) is 47.5 Å². The van der Waals surface area contributed by atoms with Crippen molar-refractivity contribution in [3.8, 4) is 0 Å². The molecule has 0 radical (unpaired) electrons. The summed E-state index contributed by atoms with van der Waals surface area (Å²) in [7, 11) is 0. The number of anilines is 1. The lowest BCUT2D eigenvalue weighted by Gasteiger charge is -2.12. The van der Waals surface area contributed by atoms with Crippen LogP contribution in [0.3, 0.4) is 0 Å². The molecule has 0 unspecified atom stereocenters. The molecular formula is C21H25BrFNO3. The van der Waals surface area contributed by atoms with E-state index < -0.39 is 11.9 Å². The number of amides is 1. The van der Waals surface area contributed by atoms with Gasteiger partial charge in [0.2, 0.25) is 0 Å². The summed E-state index contributed by atoms with van der Waals surface area (Å²) in [6.07, 6.45) is 1.75. The van der Waals surface area contributed by atoms with E-state index in [9.17, 15) is 19.1 Å². The van der Waals surface area contributed by atoms with Crippen LogP contribution in [0.1, 0.15) is 52.6 Å². The summed E-state index contributed by atoms with van der Waals surface area (Å²) in [5.74, 6) is -2.02. The molecule has 1 amide bonds. The van der Waals surface area contributed by atoms with Gasteiger partial charge in [0.25, 0.3) is 5.91 Å². The topological polar surface area (TPSA) is 66.4 Å². The molecule has 0 atom stereocenters. The number of carbonyl (C=O) groups is 2. The molecule has 0 spiro atoms. The number of aromatic carboxylic acids is 1. The highest BCUT2D eigenvalue weighted by molar-refractivity contribution is 9.10. The molecule has 2 aromatic rings. The number of allylic oxidation sites excluding steroid dienone is 1. The molecule has 6 heteroatoms. The SMILES string of the molecule is C=CC.CC.Cc1c(F)ccc(C(=O)Nc2ccc(Br)cc2C(=O)O)c1C. The summed E-state index contributed by atoms with van der Waals surface area (Å²) in [4.78, 5) is 23.6. The number of hydrogen-bond acceptors (Lipinski definition) is 2. The number of nitrogens with one attached hydrogen (secondary N) is 1. The first-order valence-electron chi connectivity index (χ1n) is 8.39. The second kappa shape index (κ2) is 12.0. The van der Waals surface area contributed by atoms with Gasteiger partial charge >= 0.3 is 5.97 Å². The average Bonchev–Trinajstić information content (AvgIpc) is 2.63. The van der Waals surface area contributed by atoms with E-state index in [1.165, 1.54) is 24.3 Å². The van der Waals surface area contributed by atoms with Gasteiger partial charge in [0.15, 0.2) is 0 Å². The molecule has 0 aliphatic carbocycles. The maximum atomic E-state index is 13.4. The van der Waals surface area contributed by atoms with E-state index in [0.29, 0.717) is 21.2 Å². The molecule has 0 aliphatic heterocycles. The fourth-order valence-electron chi connectivity index (χ4n) is 2.03. The van der Waals surface area contributed by atoms with E-state index in [0.717, 1.165) is 0 Å². The molecule has 27 heavy (non-hydrogen) atoms. The lowest BCUT2D eigenvalue weighted by molar-refractivity contribution is 0.0698. The Bertz CT molecular complexity index is 819. The number of carboxylic acids is 1. The summed E-state index contributed by atoms with van der Waals surface area (Å²) < 4.78 is 14.0. The maximum absolute atomic E-state index is 13.4. The molecule has 0 aliphatic rings. The van der Waals surface area contributed by atoms with Crippen molar-refractivity contribution < 1.29 is 19.1 Å². The first-order chi connectivity index (χ1) is 12.7. The Morgan fingerprint density at radius 3 is 2.19 bits per heavy atom. The maximum Gasteiger partial charge on any atom is 0.337 e. The highest BCUT2D eigenvalue weighted by Crippen LogP contribution is 2.23. The zero-order valence-corrected chi connectivity index (χ0v) is 17.8. The third-order valence-corrected chi connectivity index (χ3v) is 3.92. The van der Waals surface area contributed by atoms with Gasteiger partial charge in [-0.1, -0.05) is 35.9 Å². The Morgan fingerprint density at radius 1 is 1.11 bits per heavy atom. The highest BCUT2D eigenvalue weighted by Gasteiger charge is 2.17. The van der Waals surface area contributed by atoms with Crippen LogP contribution in [-0.2, 0) is 0 Å². The molecule has 0 saturated heterocycles. The van der Waals surface area contributed by atoms with E-state index in [1.54, 1.807) is 26.0 Å². The lowest BCUT2D eigenvalue weighted by atomic mass is 10.0. The quantitative estimate of drug-likeness (QED) is 0.547. The predicted octanol–water partition coefficient (Wildman–Crippen LogP) is 6.37. The molecule has 146 valence electrons. The number of halogens is 2. The van der Waals surface area contributed by atoms with E-state index in [1.807, 2.05) is 20.8 Å². The number of rotatable bonds is 3. The van der Waals surface area contributed by atoms with Crippen LogP contribution in [-0.4, -0.2) is 17.0 Å². The number of benzene rings is 2. The number of hydrogen-bond donors (Lipinski definition) is 2. The molecule has 2 rings (SSSR count). The van der Waals surface area contributed by atoms with Crippen LogP contribution in [0, 0.1) is 19.7 Å². The van der Waals surface area contributed by atoms with Gasteiger partial charge < -0.3 is 10.4 Å². The fourth-order valence-corrected chi connectivity index (χ4v) is 2.39. The van der Waals surface area contributed by atoms with Crippen molar-refractivity contribution >= 4 is 33.5 Å². The first kappa shape index (κ1) is 24.5. The Morgan fingerprint density at radius 2 is 1.67 bits per heavy atom. The largest absolute Gasteiger partial charge is 0.478 e. The van der Waals surface area contributed by atoms with Crippen molar-refractivity contribution in [3.63, 3.8) is 0 Å². The zero-order valence-electron chi connectivity index (χ0n) is 16.2. The Kier molecular flexibility index (Phi) is 10.9. The van der Waals surface area contributed by atoms with Crippen molar-refractivity contribution in [2.75, 3.05) is 5.32 Å². The predicted molar refractivity (Wildman–Crippen MR) is 112 cm³/mol. The molecule has 0 saturated carbocycles. The van der Waals surface area contributed by atoms with E-state index in [2.05, 4.69) is 27.8 Å². The van der Waals surface area contributed by atoms with Crippen molar-refractivity contribution in [3.05, 3.63) is 75.5 Å². The van der Waals surface area contributed by atoms with Crippen LogP contribution >= 0.6 is 15.9 Å². The minimum atomic E-state index is -1.15. The number of carboxylic acid groups (broad SMARTS) is 1. The van der Waals surface area contributed by atoms with Crippen molar-refractivity contribution in [1.82, 2.24) is 0 Å². The monoisotopic (exact) mass is 437 g/mol. The standard InChI is InChI=1S/C16H13BrFNO3.C3H6.C2H6/c1-8-9(2)13(18)5-4-11(8)15(20)19-14-6-3-10(17)7-12(14)16(21)22;1-3-2;1-2/h3-7H,1-2H3,(H,19,20)(H,21,22);3H,1H2,2H3;1-2H3. The highest BCUT2D eigenvalue weighted by atomic mass is 79.9. The Balaban J connectivity index is 0.00000123. The van der Waals surface area contributed by atoms with Gasteiger partial charge in [-0.05, 0) is 62.2 Å². The van der Waals surface area contributed by atoms with Gasteiger partial charge in [0.05, 0.1) is 11.3 Å². The van der Waals surface area contributed by atoms with Crippen LogP contribution in [0.2, 0.25) is 0 Å². The molecule has 0 heterocycles. The van der Waals surface area contributed by atoms with E-state index in [4.69, 9.17) is 0 Å². The minimum absolute atomic E-state index is 0.0285. The fraction of sp³-hybridized carbons (Fsp3) is 0.238. The Hall–Kier alpha value is -2.47. The zero-order chi connectivity index (χ0) is 21.1. The third kappa shape index (κ3) is 6.98. The molecule has 0 bridgehead atoms. The summed E-state index contributed by atoms with van der Waals surface area (Å²) in [5, 5.41) is 11.7. The summed E-state index contributed by atoms with van der Waals surface area (Å²) in [6.45, 7) is 12.5. The summed E-state index contributed by atoms with van der Waals surface area (Å²) in [5.41, 5.74) is 1.37. The normalized spacial score (nSPS) is 9.15. The smallest absolute Gasteiger partial charge is 0.337 e. The number of carbonyl (C=O) groups excluding carboxylic acids is 1. The third-order valence-electron chi connectivity index (χ3n) is 3.43. The van der Waals surface area contributed by atoms with Crippen molar-refractivity contribution in [2.45, 2.75) is 34.6 Å². The van der Waals surface area contributed by atoms with Gasteiger partial charge in [-0.3, -0.25) is 4.79 Å². The van der Waals surface area contributed by atoms with Crippen LogP contribution < -0.4 is 5.32 Å².